The van der Waals surface area contributed by atoms with E-state index >= 15 is 0 Å². The standard InChI is InChI=1S/C23H21BrO3/c24-21-13-14-22(27-16-18-5-2-1-3-6-18)20(15-21)8-4-7-17-9-11-19(12-10-17)23(25)26/h1-3,5-6,9-15H,4,7-8,16H2,(H,25,26)/p-1. The smallest absolute Gasteiger partial charge is 0.123 e. The summed E-state index contributed by atoms with van der Waals surface area (Å²) >= 11 is 3.53. The SMILES string of the molecule is O=C([O-])c1ccc(CCCc2cc(Br)ccc2OCc2ccccc2)cc1. The molecule has 0 heterocycles. The highest BCUT2D eigenvalue weighted by Crippen LogP contribution is 2.26. The number of hydrogen-bond donors (Lipinski definition) is 0. The van der Waals surface area contributed by atoms with Crippen LogP contribution in [0.15, 0.2) is 77.3 Å². The van der Waals surface area contributed by atoms with E-state index in [-0.39, 0.29) is 5.56 Å². The fraction of sp³-hybridized carbons (Fsp3) is 0.174. The minimum atomic E-state index is -1.14. The molecule has 3 nitrogen and oxygen atoms in total. The Bertz CT molecular complexity index is 889. The van der Waals surface area contributed by atoms with Gasteiger partial charge in [-0.3, -0.25) is 0 Å². The van der Waals surface area contributed by atoms with Crippen LogP contribution in [0.3, 0.4) is 0 Å². The van der Waals surface area contributed by atoms with Gasteiger partial charge >= 0.3 is 0 Å². The van der Waals surface area contributed by atoms with E-state index in [1.165, 1.54) is 0 Å². The first kappa shape index (κ1) is 19.2. The molecule has 0 radical (unpaired) electrons. The van der Waals surface area contributed by atoms with Gasteiger partial charge in [-0.1, -0.05) is 70.5 Å². The summed E-state index contributed by atoms with van der Waals surface area (Å²) in [6.07, 6.45) is 2.70. The van der Waals surface area contributed by atoms with Crippen molar-refractivity contribution in [2.75, 3.05) is 0 Å². The molecule has 138 valence electrons. The Morgan fingerprint density at radius 3 is 2.33 bits per heavy atom. The molecule has 0 fully saturated rings. The minimum Gasteiger partial charge on any atom is -0.545 e. The first-order valence-electron chi connectivity index (χ1n) is 8.87. The lowest BCUT2D eigenvalue weighted by Gasteiger charge is -2.12. The van der Waals surface area contributed by atoms with Crippen LogP contribution < -0.4 is 9.84 Å². The van der Waals surface area contributed by atoms with Gasteiger partial charge in [-0.15, -0.1) is 0 Å². The molecule has 0 amide bonds. The Balaban J connectivity index is 1.60. The van der Waals surface area contributed by atoms with Crippen LogP contribution in [0.25, 0.3) is 0 Å². The van der Waals surface area contributed by atoms with Crippen molar-refractivity contribution < 1.29 is 14.6 Å². The Morgan fingerprint density at radius 2 is 1.63 bits per heavy atom. The molecule has 0 aliphatic carbocycles. The van der Waals surface area contributed by atoms with Crippen molar-refractivity contribution in [3.8, 4) is 5.75 Å². The molecule has 0 unspecified atom stereocenters. The van der Waals surface area contributed by atoms with Crippen molar-refractivity contribution in [1.82, 2.24) is 0 Å². The Hall–Kier alpha value is -2.59. The normalized spacial score (nSPS) is 10.6. The first-order chi connectivity index (χ1) is 13.1. The summed E-state index contributed by atoms with van der Waals surface area (Å²) in [5, 5.41) is 10.8. The topological polar surface area (TPSA) is 49.4 Å². The summed E-state index contributed by atoms with van der Waals surface area (Å²) in [5.74, 6) is -0.245. The van der Waals surface area contributed by atoms with Crippen molar-refractivity contribution in [1.29, 1.82) is 0 Å². The van der Waals surface area contributed by atoms with Crippen LogP contribution in [-0.4, -0.2) is 5.97 Å². The molecule has 0 atom stereocenters. The molecule has 0 spiro atoms. The molecular weight excluding hydrogens is 404 g/mol. The quantitative estimate of drug-likeness (QED) is 0.533. The molecule has 0 aliphatic rings. The number of carboxylic acids is 1. The molecule has 0 saturated heterocycles. The molecule has 0 N–H and O–H groups in total. The second kappa shape index (κ2) is 9.38. The van der Waals surface area contributed by atoms with Crippen LogP contribution in [0.2, 0.25) is 0 Å². The zero-order valence-corrected chi connectivity index (χ0v) is 16.4. The maximum Gasteiger partial charge on any atom is 0.123 e. The van der Waals surface area contributed by atoms with Crippen LogP contribution in [0, 0.1) is 0 Å². The van der Waals surface area contributed by atoms with Crippen LogP contribution in [0.4, 0.5) is 0 Å². The summed E-state index contributed by atoms with van der Waals surface area (Å²) < 4.78 is 7.06. The summed E-state index contributed by atoms with van der Waals surface area (Å²) in [4.78, 5) is 10.8. The number of carbonyl (C=O) groups excluding carboxylic acids is 1. The van der Waals surface area contributed by atoms with Gasteiger partial charge < -0.3 is 14.6 Å². The number of aryl methyl sites for hydroxylation is 2. The van der Waals surface area contributed by atoms with Gasteiger partial charge in [0.25, 0.3) is 0 Å². The monoisotopic (exact) mass is 423 g/mol. The number of carboxylic acid groups (broad SMARTS) is 1. The van der Waals surface area contributed by atoms with Crippen LogP contribution in [-0.2, 0) is 19.4 Å². The predicted molar refractivity (Wildman–Crippen MR) is 108 cm³/mol. The number of benzene rings is 3. The number of carbonyl (C=O) groups is 1. The lowest BCUT2D eigenvalue weighted by molar-refractivity contribution is -0.255. The zero-order valence-electron chi connectivity index (χ0n) is 14.9. The highest BCUT2D eigenvalue weighted by molar-refractivity contribution is 9.10. The van der Waals surface area contributed by atoms with Crippen LogP contribution >= 0.6 is 15.9 Å². The van der Waals surface area contributed by atoms with E-state index < -0.39 is 5.97 Å². The summed E-state index contributed by atoms with van der Waals surface area (Å²) in [6, 6.07) is 23.1. The van der Waals surface area contributed by atoms with Gasteiger partial charge in [0.1, 0.15) is 12.4 Å². The van der Waals surface area contributed by atoms with E-state index in [2.05, 4.69) is 34.1 Å². The Morgan fingerprint density at radius 1 is 0.889 bits per heavy atom. The summed E-state index contributed by atoms with van der Waals surface area (Å²) in [7, 11) is 0. The van der Waals surface area contributed by atoms with E-state index in [1.54, 1.807) is 12.1 Å². The van der Waals surface area contributed by atoms with Crippen molar-refractivity contribution in [2.45, 2.75) is 25.9 Å². The van der Waals surface area contributed by atoms with E-state index in [0.717, 1.165) is 46.2 Å². The maximum atomic E-state index is 10.8. The maximum absolute atomic E-state index is 10.8. The van der Waals surface area contributed by atoms with Crippen molar-refractivity contribution in [2.24, 2.45) is 0 Å². The summed E-state index contributed by atoms with van der Waals surface area (Å²) in [6.45, 7) is 0.542. The molecule has 3 aromatic rings. The van der Waals surface area contributed by atoms with Crippen molar-refractivity contribution >= 4 is 21.9 Å². The second-order valence-corrected chi connectivity index (χ2v) is 7.28. The van der Waals surface area contributed by atoms with Crippen molar-refractivity contribution in [3.05, 3.63) is 99.5 Å². The number of hydrogen-bond acceptors (Lipinski definition) is 3. The fourth-order valence-electron chi connectivity index (χ4n) is 2.91. The van der Waals surface area contributed by atoms with Crippen LogP contribution in [0.1, 0.15) is 33.5 Å². The third-order valence-corrected chi connectivity index (χ3v) is 4.85. The number of ether oxygens (including phenoxy) is 1. The lowest BCUT2D eigenvalue weighted by Crippen LogP contribution is -2.21. The predicted octanol–water partition coefficient (Wildman–Crippen LogP) is 4.57. The van der Waals surface area contributed by atoms with Crippen LogP contribution in [0.5, 0.6) is 5.75 Å². The molecule has 0 aromatic heterocycles. The zero-order chi connectivity index (χ0) is 19.1. The van der Waals surface area contributed by atoms with Gasteiger partial charge in [0.05, 0.1) is 5.97 Å². The highest BCUT2D eigenvalue weighted by atomic mass is 79.9. The van der Waals surface area contributed by atoms with Gasteiger partial charge in [0, 0.05) is 4.47 Å². The third-order valence-electron chi connectivity index (χ3n) is 4.36. The fourth-order valence-corrected chi connectivity index (χ4v) is 3.32. The molecule has 4 heteroatoms. The van der Waals surface area contributed by atoms with Gasteiger partial charge in [0.2, 0.25) is 0 Å². The van der Waals surface area contributed by atoms with E-state index in [1.807, 2.05) is 42.5 Å². The van der Waals surface area contributed by atoms with Crippen molar-refractivity contribution in [3.63, 3.8) is 0 Å². The van der Waals surface area contributed by atoms with Gasteiger partial charge in [-0.25, -0.2) is 0 Å². The largest absolute Gasteiger partial charge is 0.545 e. The molecule has 27 heavy (non-hydrogen) atoms. The van der Waals surface area contributed by atoms with E-state index in [0.29, 0.717) is 6.61 Å². The highest BCUT2D eigenvalue weighted by Gasteiger charge is 2.06. The first-order valence-corrected chi connectivity index (χ1v) is 9.66. The molecule has 0 aliphatic heterocycles. The van der Waals surface area contributed by atoms with E-state index in [9.17, 15) is 9.90 Å². The third kappa shape index (κ3) is 5.69. The number of aromatic carboxylic acids is 1. The molecular formula is C23H20BrO3-. The van der Waals surface area contributed by atoms with Gasteiger partial charge in [-0.2, -0.15) is 0 Å². The minimum absolute atomic E-state index is 0.210. The Labute approximate surface area is 167 Å². The molecule has 0 saturated carbocycles. The second-order valence-electron chi connectivity index (χ2n) is 6.36. The molecule has 3 rings (SSSR count). The van der Waals surface area contributed by atoms with Gasteiger partial charge in [-0.05, 0) is 59.7 Å². The number of rotatable bonds is 8. The Kier molecular flexibility index (Phi) is 6.66. The summed E-state index contributed by atoms with van der Waals surface area (Å²) in [5.41, 5.74) is 3.62. The molecule has 0 bridgehead atoms. The average Bonchev–Trinajstić information content (AvgIpc) is 2.68. The van der Waals surface area contributed by atoms with E-state index in [4.69, 9.17) is 4.74 Å². The number of halogens is 1. The van der Waals surface area contributed by atoms with Gasteiger partial charge in [0.15, 0.2) is 0 Å². The average molecular weight is 424 g/mol. The molecule has 3 aromatic carbocycles. The lowest BCUT2D eigenvalue weighted by atomic mass is 10.0.